The normalized spacial score (nSPS) is 23.8. The van der Waals surface area contributed by atoms with Crippen LogP contribution in [0.3, 0.4) is 0 Å². The Morgan fingerprint density at radius 2 is 2.23 bits per heavy atom. The van der Waals surface area contributed by atoms with Crippen molar-refractivity contribution in [3.63, 3.8) is 0 Å². The molecule has 2 aliphatic carbocycles. The maximum Gasteiger partial charge on any atom is 0.309 e. The third-order valence-electron chi connectivity index (χ3n) is 5.23. The van der Waals surface area contributed by atoms with E-state index in [1.165, 1.54) is 6.07 Å². The minimum atomic E-state index is -0.457. The van der Waals surface area contributed by atoms with Crippen molar-refractivity contribution in [2.75, 3.05) is 6.61 Å². The second-order valence-corrected chi connectivity index (χ2v) is 7.73. The minimum Gasteiger partial charge on any atom is -0.470 e. The maximum absolute atomic E-state index is 14.0. The lowest BCUT2D eigenvalue weighted by Gasteiger charge is -2.16. The molecule has 6 heteroatoms. The summed E-state index contributed by atoms with van der Waals surface area (Å²) >= 11 is 3.35. The van der Waals surface area contributed by atoms with Gasteiger partial charge in [0.2, 0.25) is 5.88 Å². The van der Waals surface area contributed by atoms with E-state index in [1.807, 2.05) is 13.0 Å². The summed E-state index contributed by atoms with van der Waals surface area (Å²) in [6.07, 6.45) is 2.17. The second-order valence-electron chi connectivity index (χ2n) is 6.82. The van der Waals surface area contributed by atoms with E-state index in [-0.39, 0.29) is 23.6 Å². The van der Waals surface area contributed by atoms with Gasteiger partial charge in [-0.05, 0) is 55.5 Å². The molecule has 0 radical (unpaired) electrons. The lowest BCUT2D eigenvalue weighted by Crippen LogP contribution is -2.11. The third-order valence-corrected chi connectivity index (χ3v) is 5.73. The zero-order valence-corrected chi connectivity index (χ0v) is 16.1. The highest BCUT2D eigenvalue weighted by Gasteiger charge is 2.60. The van der Waals surface area contributed by atoms with Gasteiger partial charge in [0.1, 0.15) is 11.9 Å². The van der Waals surface area contributed by atoms with Gasteiger partial charge in [0.05, 0.1) is 12.5 Å². The van der Waals surface area contributed by atoms with E-state index >= 15 is 0 Å². The molecular formula is C20H19BrFNO3. The summed E-state index contributed by atoms with van der Waals surface area (Å²) in [4.78, 5) is 16.3. The van der Waals surface area contributed by atoms with Gasteiger partial charge in [-0.1, -0.05) is 15.9 Å². The Morgan fingerprint density at radius 1 is 1.42 bits per heavy atom. The summed E-state index contributed by atoms with van der Waals surface area (Å²) in [5, 5.41) is 0. The van der Waals surface area contributed by atoms with E-state index in [0.717, 1.165) is 22.0 Å². The molecule has 0 bridgehead atoms. The fourth-order valence-corrected chi connectivity index (χ4v) is 4.34. The predicted molar refractivity (Wildman–Crippen MR) is 97.4 cm³/mol. The van der Waals surface area contributed by atoms with E-state index in [0.29, 0.717) is 24.0 Å². The van der Waals surface area contributed by atoms with Crippen LogP contribution in [0.2, 0.25) is 0 Å². The van der Waals surface area contributed by atoms with E-state index < -0.39 is 6.10 Å². The molecule has 26 heavy (non-hydrogen) atoms. The molecule has 0 spiro atoms. The molecule has 1 saturated carbocycles. The number of carbonyl (C=O) groups is 1. The summed E-state index contributed by atoms with van der Waals surface area (Å²) in [6.45, 7) is 4.04. The van der Waals surface area contributed by atoms with Gasteiger partial charge in [-0.2, -0.15) is 0 Å². The third kappa shape index (κ3) is 3.00. The van der Waals surface area contributed by atoms with Gasteiger partial charge in [-0.15, -0.1) is 0 Å². The zero-order valence-electron chi connectivity index (χ0n) is 14.5. The predicted octanol–water partition coefficient (Wildman–Crippen LogP) is 4.57. The van der Waals surface area contributed by atoms with Gasteiger partial charge >= 0.3 is 5.97 Å². The monoisotopic (exact) mass is 419 g/mol. The van der Waals surface area contributed by atoms with Gasteiger partial charge in [-0.3, -0.25) is 4.79 Å². The largest absolute Gasteiger partial charge is 0.470 e. The number of hydrogen-bond donors (Lipinski definition) is 0. The zero-order chi connectivity index (χ0) is 18.4. The molecule has 1 aromatic heterocycles. The number of halogens is 2. The van der Waals surface area contributed by atoms with Crippen LogP contribution in [0.15, 0.2) is 34.9 Å². The summed E-state index contributed by atoms with van der Waals surface area (Å²) in [5.41, 5.74) is 2.75. The highest BCUT2D eigenvalue weighted by molar-refractivity contribution is 9.10. The molecule has 4 rings (SSSR count). The number of nitrogens with zero attached hydrogens (tertiary/aromatic N) is 1. The van der Waals surface area contributed by atoms with Gasteiger partial charge < -0.3 is 9.47 Å². The van der Waals surface area contributed by atoms with E-state index in [2.05, 4.69) is 20.9 Å². The Hall–Kier alpha value is -1.95. The Labute approximate surface area is 159 Å². The van der Waals surface area contributed by atoms with Crippen LogP contribution in [0, 0.1) is 17.7 Å². The molecule has 0 amide bonds. The van der Waals surface area contributed by atoms with Crippen LogP contribution in [0.25, 0.3) is 0 Å². The summed E-state index contributed by atoms with van der Waals surface area (Å²) in [7, 11) is 0. The van der Waals surface area contributed by atoms with Crippen molar-refractivity contribution in [2.24, 2.45) is 11.8 Å². The molecule has 0 N–H and O–H groups in total. The minimum absolute atomic E-state index is 0.0225. The standard InChI is InChI=1S/C20H19BrFNO3/c1-3-25-20(24)19-14-6-11-7-17(23-9-15(11)18(14)19)26-10(2)13-8-12(21)4-5-16(13)22/h4-5,7-10,14,18-19H,3,6H2,1-2H3/t10?,14-,18-,19?/m1/s1. The van der Waals surface area contributed by atoms with E-state index in [9.17, 15) is 9.18 Å². The lowest BCUT2D eigenvalue weighted by molar-refractivity contribution is -0.145. The van der Waals surface area contributed by atoms with Gasteiger partial charge in [0.15, 0.2) is 0 Å². The number of pyridine rings is 1. The van der Waals surface area contributed by atoms with Crippen LogP contribution in [0.4, 0.5) is 4.39 Å². The first kappa shape index (κ1) is 17.5. The Kier molecular flexibility index (Phi) is 4.47. The van der Waals surface area contributed by atoms with Gasteiger partial charge in [0.25, 0.3) is 0 Å². The van der Waals surface area contributed by atoms with Crippen molar-refractivity contribution < 1.29 is 18.7 Å². The molecular weight excluding hydrogens is 401 g/mol. The number of rotatable bonds is 5. The number of aromatic nitrogens is 1. The number of esters is 1. The molecule has 0 saturated heterocycles. The Bertz CT molecular complexity index is 872. The Morgan fingerprint density at radius 3 is 3.00 bits per heavy atom. The highest BCUT2D eigenvalue weighted by Crippen LogP contribution is 2.61. The van der Waals surface area contributed by atoms with Crippen LogP contribution in [-0.2, 0) is 16.0 Å². The average Bonchev–Trinajstić information content (AvgIpc) is 3.19. The summed E-state index contributed by atoms with van der Waals surface area (Å²) in [6, 6.07) is 6.70. The molecule has 136 valence electrons. The molecule has 2 unspecified atom stereocenters. The number of benzene rings is 1. The van der Waals surface area contributed by atoms with Crippen molar-refractivity contribution in [2.45, 2.75) is 32.3 Å². The number of carbonyl (C=O) groups excluding carboxylic acids is 1. The maximum atomic E-state index is 14.0. The number of fused-ring (bicyclic) bond motifs is 3. The fourth-order valence-electron chi connectivity index (χ4n) is 3.96. The van der Waals surface area contributed by atoms with Crippen molar-refractivity contribution in [3.05, 3.63) is 57.4 Å². The number of hydrogen-bond acceptors (Lipinski definition) is 4. The van der Waals surface area contributed by atoms with Crippen LogP contribution >= 0.6 is 15.9 Å². The SMILES string of the molecule is CCOC(=O)C1[C@H]2c3cnc(OC(C)c4cc(Br)ccc4F)cc3C[C@@H]12. The van der Waals surface area contributed by atoms with Crippen LogP contribution < -0.4 is 4.74 Å². The first-order chi connectivity index (χ1) is 12.5. The molecule has 1 aromatic carbocycles. The molecule has 4 atom stereocenters. The molecule has 2 aliphatic rings. The highest BCUT2D eigenvalue weighted by atomic mass is 79.9. The second kappa shape index (κ2) is 6.65. The van der Waals surface area contributed by atoms with Gasteiger partial charge in [0, 0.05) is 28.2 Å². The van der Waals surface area contributed by atoms with Crippen LogP contribution in [0.5, 0.6) is 5.88 Å². The number of ether oxygens (including phenoxy) is 2. The fraction of sp³-hybridized carbons (Fsp3) is 0.400. The van der Waals surface area contributed by atoms with Crippen molar-refractivity contribution in [1.29, 1.82) is 0 Å². The molecule has 2 aromatic rings. The smallest absolute Gasteiger partial charge is 0.309 e. The quantitative estimate of drug-likeness (QED) is 0.665. The van der Waals surface area contributed by atoms with Crippen LogP contribution in [0.1, 0.15) is 42.6 Å². The van der Waals surface area contributed by atoms with Crippen molar-refractivity contribution >= 4 is 21.9 Å². The molecule has 1 heterocycles. The topological polar surface area (TPSA) is 48.4 Å². The molecule has 4 nitrogen and oxygen atoms in total. The van der Waals surface area contributed by atoms with Crippen molar-refractivity contribution in [3.8, 4) is 5.88 Å². The first-order valence-electron chi connectivity index (χ1n) is 8.76. The average molecular weight is 420 g/mol. The van der Waals surface area contributed by atoms with Crippen LogP contribution in [-0.4, -0.2) is 17.6 Å². The first-order valence-corrected chi connectivity index (χ1v) is 9.56. The van der Waals surface area contributed by atoms with E-state index in [4.69, 9.17) is 9.47 Å². The van der Waals surface area contributed by atoms with Crippen molar-refractivity contribution in [1.82, 2.24) is 4.98 Å². The van der Waals surface area contributed by atoms with Gasteiger partial charge in [-0.25, -0.2) is 9.37 Å². The summed E-state index contributed by atoms with van der Waals surface area (Å²) in [5.74, 6) is 0.592. The lowest BCUT2D eigenvalue weighted by atomic mass is 10.0. The Balaban J connectivity index is 1.48. The molecule has 1 fully saturated rings. The van der Waals surface area contributed by atoms with E-state index in [1.54, 1.807) is 25.3 Å². The summed E-state index contributed by atoms with van der Waals surface area (Å²) < 4.78 is 25.8. The molecule has 0 aliphatic heterocycles.